The van der Waals surface area contributed by atoms with E-state index in [0.717, 1.165) is 44.9 Å². The number of aliphatic hydroxyl groups excluding tert-OH is 3. The zero-order chi connectivity index (χ0) is 26.5. The lowest BCUT2D eigenvalue weighted by Crippen LogP contribution is -2.61. The summed E-state index contributed by atoms with van der Waals surface area (Å²) >= 11 is 0. The van der Waals surface area contributed by atoms with Crippen molar-refractivity contribution < 1.29 is 30.0 Å². The van der Waals surface area contributed by atoms with Gasteiger partial charge < -0.3 is 20.4 Å². The molecule has 5 aliphatic rings. The van der Waals surface area contributed by atoms with Gasteiger partial charge in [0.05, 0.1) is 24.2 Å². The van der Waals surface area contributed by atoms with Crippen LogP contribution in [-0.2, 0) is 9.59 Å². The maximum absolute atomic E-state index is 13.7. The summed E-state index contributed by atoms with van der Waals surface area (Å²) in [6.07, 6.45) is 7.53. The van der Waals surface area contributed by atoms with Gasteiger partial charge in [-0.25, -0.2) is 0 Å². The maximum atomic E-state index is 13.7. The lowest BCUT2D eigenvalue weighted by atomic mass is 9.41. The normalized spacial score (nSPS) is 54.8. The van der Waals surface area contributed by atoms with Gasteiger partial charge in [-0.05, 0) is 105 Å². The van der Waals surface area contributed by atoms with Crippen LogP contribution in [0.3, 0.4) is 0 Å². The second-order valence-electron chi connectivity index (χ2n) is 14.5. The Morgan fingerprint density at radius 1 is 0.889 bits per heavy atom. The van der Waals surface area contributed by atoms with Crippen LogP contribution in [0.4, 0.5) is 0 Å². The number of carbonyl (C=O) groups is 2. The van der Waals surface area contributed by atoms with Crippen molar-refractivity contribution in [3.05, 3.63) is 11.6 Å². The zero-order valence-electron chi connectivity index (χ0n) is 22.7. The van der Waals surface area contributed by atoms with E-state index in [1.54, 1.807) is 6.92 Å². The summed E-state index contributed by atoms with van der Waals surface area (Å²) < 4.78 is 0. The standard InChI is InChI=1S/C30H46O6/c1-26-11-8-21-28(3,13-10-23(34)30(21,5)25(35)36)20(26)7-6-18-17(15-26)14-19(32)24-27(18,2)12-9-22(33)29(24,4)16-31/h14,18,20-24,31,33-34H,6-13,15-16H2,1-5H3,(H,35,36)/t18-,20+,21-,22-,23-,24-,26+,27-,28-,29+,30-/m1/s1. The topological polar surface area (TPSA) is 115 Å². The molecule has 6 nitrogen and oxygen atoms in total. The Balaban J connectivity index is 1.55. The first-order valence-corrected chi connectivity index (χ1v) is 14.1. The highest BCUT2D eigenvalue weighted by Gasteiger charge is 2.66. The Hall–Kier alpha value is -1.24. The molecule has 5 aliphatic carbocycles. The molecule has 202 valence electrons. The van der Waals surface area contributed by atoms with Crippen LogP contribution in [0.25, 0.3) is 0 Å². The molecule has 0 amide bonds. The quantitative estimate of drug-likeness (QED) is 0.446. The number of aliphatic carboxylic acids is 1. The van der Waals surface area contributed by atoms with Gasteiger partial charge in [-0.2, -0.15) is 0 Å². The van der Waals surface area contributed by atoms with E-state index < -0.39 is 34.9 Å². The number of aliphatic hydroxyl groups is 3. The van der Waals surface area contributed by atoms with Crippen LogP contribution in [0.1, 0.15) is 92.4 Å². The smallest absolute Gasteiger partial charge is 0.312 e. The number of hydrogen-bond acceptors (Lipinski definition) is 5. The average molecular weight is 503 g/mol. The molecule has 0 aromatic carbocycles. The molecule has 0 spiro atoms. The number of carboxylic acids is 1. The third-order valence-electron chi connectivity index (χ3n) is 12.9. The van der Waals surface area contributed by atoms with Crippen molar-refractivity contribution in [3.63, 3.8) is 0 Å². The van der Waals surface area contributed by atoms with Crippen molar-refractivity contribution in [2.45, 2.75) is 105 Å². The van der Waals surface area contributed by atoms with Crippen LogP contribution < -0.4 is 0 Å². The van der Waals surface area contributed by atoms with Gasteiger partial charge >= 0.3 is 5.97 Å². The van der Waals surface area contributed by atoms with E-state index in [1.807, 2.05) is 13.0 Å². The number of ketones is 1. The number of rotatable bonds is 2. The fourth-order valence-corrected chi connectivity index (χ4v) is 10.9. The van der Waals surface area contributed by atoms with Crippen molar-refractivity contribution in [2.24, 2.45) is 50.7 Å². The fraction of sp³-hybridized carbons (Fsp3) is 0.867. The SMILES string of the molecule is C[C@@]12CC[C@@H]3[C@](C)(CC[C@@H](O)[C@]3(C)C(=O)O)[C@H]1CC[C@@H]1C(=CC(=O)[C@@H]3[C@]1(C)CC[C@@H](O)[C@]3(C)CO)C2. The van der Waals surface area contributed by atoms with Crippen molar-refractivity contribution in [1.82, 2.24) is 0 Å². The molecule has 4 fully saturated rings. The summed E-state index contributed by atoms with van der Waals surface area (Å²) in [7, 11) is 0. The molecule has 11 atom stereocenters. The van der Waals surface area contributed by atoms with E-state index >= 15 is 0 Å². The average Bonchev–Trinajstić information content (AvgIpc) is 2.96. The predicted molar refractivity (Wildman–Crippen MR) is 136 cm³/mol. The third-order valence-corrected chi connectivity index (χ3v) is 12.9. The van der Waals surface area contributed by atoms with Crippen LogP contribution in [0, 0.1) is 50.7 Å². The lowest BCUT2D eigenvalue weighted by Gasteiger charge is -2.63. The van der Waals surface area contributed by atoms with Crippen molar-refractivity contribution in [1.29, 1.82) is 0 Å². The van der Waals surface area contributed by atoms with Crippen molar-refractivity contribution >= 4 is 11.8 Å². The number of hydrogen-bond donors (Lipinski definition) is 4. The molecular weight excluding hydrogens is 456 g/mol. The van der Waals surface area contributed by atoms with Gasteiger partial charge in [0.2, 0.25) is 0 Å². The molecule has 0 saturated heterocycles. The molecule has 0 radical (unpaired) electrons. The van der Waals surface area contributed by atoms with Crippen LogP contribution in [0.15, 0.2) is 11.6 Å². The first-order chi connectivity index (χ1) is 16.7. The molecule has 36 heavy (non-hydrogen) atoms. The molecular formula is C30H46O6. The second kappa shape index (κ2) is 8.13. The van der Waals surface area contributed by atoms with E-state index in [0.29, 0.717) is 18.8 Å². The minimum atomic E-state index is -1.14. The van der Waals surface area contributed by atoms with E-state index in [1.165, 1.54) is 5.57 Å². The molecule has 0 heterocycles. The maximum Gasteiger partial charge on any atom is 0.312 e. The first-order valence-electron chi connectivity index (χ1n) is 14.1. The minimum Gasteiger partial charge on any atom is -0.481 e. The Kier molecular flexibility index (Phi) is 5.95. The summed E-state index contributed by atoms with van der Waals surface area (Å²) in [5.74, 6) is -0.764. The van der Waals surface area contributed by atoms with Gasteiger partial charge in [0, 0.05) is 11.3 Å². The molecule has 4 saturated carbocycles. The highest BCUT2D eigenvalue weighted by atomic mass is 16.4. The van der Waals surface area contributed by atoms with E-state index in [2.05, 4.69) is 20.8 Å². The molecule has 0 aromatic rings. The summed E-state index contributed by atoms with van der Waals surface area (Å²) in [4.78, 5) is 26.2. The van der Waals surface area contributed by atoms with Crippen molar-refractivity contribution in [2.75, 3.05) is 6.61 Å². The molecule has 6 heteroatoms. The summed E-state index contributed by atoms with van der Waals surface area (Å²) in [5, 5.41) is 42.3. The number of fused-ring (bicyclic) bond motifs is 6. The van der Waals surface area contributed by atoms with Gasteiger partial charge in [-0.3, -0.25) is 9.59 Å². The van der Waals surface area contributed by atoms with E-state index in [-0.39, 0.29) is 40.5 Å². The molecule has 0 unspecified atom stereocenters. The first kappa shape index (κ1) is 26.4. The van der Waals surface area contributed by atoms with Gasteiger partial charge in [0.25, 0.3) is 0 Å². The monoisotopic (exact) mass is 502 g/mol. The summed E-state index contributed by atoms with van der Waals surface area (Å²) in [5.41, 5.74) is -1.25. The minimum absolute atomic E-state index is 0.0223. The van der Waals surface area contributed by atoms with Crippen LogP contribution in [0.2, 0.25) is 0 Å². The van der Waals surface area contributed by atoms with E-state index in [4.69, 9.17) is 0 Å². The van der Waals surface area contributed by atoms with Gasteiger partial charge in [0.1, 0.15) is 0 Å². The Morgan fingerprint density at radius 2 is 1.53 bits per heavy atom. The Labute approximate surface area is 215 Å². The highest BCUT2D eigenvalue weighted by molar-refractivity contribution is 5.95. The molecule has 5 rings (SSSR count). The van der Waals surface area contributed by atoms with E-state index in [9.17, 15) is 30.0 Å². The fourth-order valence-electron chi connectivity index (χ4n) is 10.9. The van der Waals surface area contributed by atoms with Crippen LogP contribution in [-0.4, -0.2) is 51.0 Å². The third kappa shape index (κ3) is 3.19. The predicted octanol–water partition coefficient (Wildman–Crippen LogP) is 4.36. The molecule has 0 aromatic heterocycles. The lowest BCUT2D eigenvalue weighted by molar-refractivity contribution is -0.199. The number of carboxylic acid groups (broad SMARTS) is 1. The van der Waals surface area contributed by atoms with Gasteiger partial charge in [0.15, 0.2) is 5.78 Å². The van der Waals surface area contributed by atoms with Crippen LogP contribution in [0.5, 0.6) is 0 Å². The zero-order valence-corrected chi connectivity index (χ0v) is 22.7. The molecule has 4 N–H and O–H groups in total. The largest absolute Gasteiger partial charge is 0.481 e. The molecule has 0 bridgehead atoms. The Morgan fingerprint density at radius 3 is 2.17 bits per heavy atom. The van der Waals surface area contributed by atoms with Gasteiger partial charge in [-0.1, -0.05) is 33.3 Å². The highest BCUT2D eigenvalue weighted by Crippen LogP contribution is 2.70. The number of allylic oxidation sites excluding steroid dienone is 2. The van der Waals surface area contributed by atoms with Crippen LogP contribution >= 0.6 is 0 Å². The number of carbonyl (C=O) groups excluding carboxylic acids is 1. The van der Waals surface area contributed by atoms with Gasteiger partial charge in [-0.15, -0.1) is 0 Å². The second-order valence-corrected chi connectivity index (χ2v) is 14.5. The molecule has 0 aliphatic heterocycles. The Bertz CT molecular complexity index is 990. The summed E-state index contributed by atoms with van der Waals surface area (Å²) in [6, 6.07) is 0. The van der Waals surface area contributed by atoms with Crippen molar-refractivity contribution in [3.8, 4) is 0 Å². The summed E-state index contributed by atoms with van der Waals surface area (Å²) in [6.45, 7) is 10.3.